The number of pyridine rings is 1. The van der Waals surface area contributed by atoms with Crippen LogP contribution in [-0.4, -0.2) is 19.6 Å². The Bertz CT molecular complexity index is 2130. The zero-order valence-electron chi connectivity index (χ0n) is 28.3. The number of furan rings is 1. The third kappa shape index (κ3) is 8.20. The van der Waals surface area contributed by atoms with E-state index in [1.54, 1.807) is 25.5 Å². The third-order valence-corrected chi connectivity index (χ3v) is 8.17. The molecule has 0 aliphatic heterocycles. The van der Waals surface area contributed by atoms with Gasteiger partial charge in [-0.05, 0) is 86.7 Å². The molecule has 0 atom stereocenters. The molecule has 8 heteroatoms. The fourth-order valence-electron chi connectivity index (χ4n) is 5.44. The Morgan fingerprint density at radius 3 is 2.48 bits per heavy atom. The summed E-state index contributed by atoms with van der Waals surface area (Å²) in [7, 11) is 1.70. The van der Waals surface area contributed by atoms with Gasteiger partial charge in [-0.2, -0.15) is 0 Å². The molecule has 0 saturated heterocycles. The first kappa shape index (κ1) is 33.7. The van der Waals surface area contributed by atoms with E-state index in [1.165, 1.54) is 22.8 Å². The maximum atomic E-state index is 12.6. The number of benzene rings is 2. The first-order valence-electron chi connectivity index (χ1n) is 15.9. The SMILES string of the molecule is COc1cc(C)c(/C=C/C(C)=C/C=C/C(C)=C/C(=O)Nc2cc[n+](CCCOc3c4occc4cc4ccc(=O)oc34)cc2)c(C)c1C. The normalized spacial score (nSPS) is 12.5. The van der Waals surface area contributed by atoms with Gasteiger partial charge >= 0.3 is 5.63 Å². The summed E-state index contributed by atoms with van der Waals surface area (Å²) in [6.07, 6.45) is 17.8. The molecular weight excluding hydrogens is 604 g/mol. The fourth-order valence-corrected chi connectivity index (χ4v) is 5.44. The molecule has 0 aliphatic rings. The second-order valence-electron chi connectivity index (χ2n) is 11.8. The lowest BCUT2D eigenvalue weighted by atomic mass is 9.96. The number of hydrogen-bond acceptors (Lipinski definition) is 6. The highest BCUT2D eigenvalue weighted by atomic mass is 16.5. The van der Waals surface area contributed by atoms with Crippen LogP contribution >= 0.6 is 0 Å². The lowest BCUT2D eigenvalue weighted by Crippen LogP contribution is -2.33. The van der Waals surface area contributed by atoms with E-state index in [1.807, 2.05) is 73.3 Å². The Labute approximate surface area is 280 Å². The number of nitrogens with one attached hydrogen (secondary N) is 1. The lowest BCUT2D eigenvalue weighted by Gasteiger charge is -2.13. The predicted molar refractivity (Wildman–Crippen MR) is 191 cm³/mol. The van der Waals surface area contributed by atoms with Crippen LogP contribution in [0.25, 0.3) is 28.0 Å². The summed E-state index contributed by atoms with van der Waals surface area (Å²) >= 11 is 0. The number of carbonyl (C=O) groups excluding carboxylic acids is 1. The molecule has 3 heterocycles. The molecule has 1 amide bonds. The Balaban J connectivity index is 1.10. The Hall–Kier alpha value is -5.63. The molecule has 8 nitrogen and oxygen atoms in total. The van der Waals surface area contributed by atoms with E-state index < -0.39 is 5.63 Å². The molecule has 0 unspecified atom stereocenters. The van der Waals surface area contributed by atoms with Gasteiger partial charge in [-0.3, -0.25) is 4.79 Å². The van der Waals surface area contributed by atoms with E-state index in [4.69, 9.17) is 18.3 Å². The second kappa shape index (κ2) is 15.3. The van der Waals surface area contributed by atoms with Gasteiger partial charge in [-0.15, -0.1) is 0 Å². The standard InChI is InChI=1S/C40H40N2O6/c1-26(11-13-34-28(3)24-35(45-6)30(5)29(34)4)9-7-10-27(2)23-36(43)41-33-15-19-42(20-16-33)18-8-21-46-40-38-32(17-22-47-38)25-31-12-14-37(44)48-39(31)40/h7,9-17,19-20,22-25H,8,18,21H2,1-6H3/p+1/b10-7+,13-11+,26-9+,27-23+. The fraction of sp³-hybridized carbons (Fsp3) is 0.225. The molecule has 3 aromatic heterocycles. The maximum absolute atomic E-state index is 12.6. The predicted octanol–water partition coefficient (Wildman–Crippen LogP) is 8.33. The van der Waals surface area contributed by atoms with Gasteiger partial charge in [0, 0.05) is 41.5 Å². The van der Waals surface area contributed by atoms with E-state index in [0.717, 1.165) is 33.2 Å². The minimum Gasteiger partial charge on any atom is -0.496 e. The number of rotatable bonds is 12. The Kier molecular flexibility index (Phi) is 10.8. The number of allylic oxidation sites excluding steroid dienone is 6. The van der Waals surface area contributed by atoms with Gasteiger partial charge in [0.1, 0.15) is 5.75 Å². The van der Waals surface area contributed by atoms with Crippen molar-refractivity contribution in [2.45, 2.75) is 47.6 Å². The molecule has 5 aromatic rings. The molecule has 0 bridgehead atoms. The molecule has 2 aromatic carbocycles. The van der Waals surface area contributed by atoms with Crippen molar-refractivity contribution in [2.24, 2.45) is 0 Å². The summed E-state index contributed by atoms with van der Waals surface area (Å²) in [6, 6.07) is 12.6. The monoisotopic (exact) mass is 645 g/mol. The molecule has 48 heavy (non-hydrogen) atoms. The number of carbonyl (C=O) groups is 1. The van der Waals surface area contributed by atoms with Crippen LogP contribution in [0, 0.1) is 20.8 Å². The van der Waals surface area contributed by atoms with Crippen molar-refractivity contribution in [3.63, 3.8) is 0 Å². The summed E-state index contributed by atoms with van der Waals surface area (Å²) < 4.78 is 24.6. The number of nitrogens with zero attached hydrogens (tertiary/aromatic N) is 1. The highest BCUT2D eigenvalue weighted by Crippen LogP contribution is 2.35. The number of amides is 1. The van der Waals surface area contributed by atoms with Crippen LogP contribution in [0.3, 0.4) is 0 Å². The Morgan fingerprint density at radius 1 is 0.938 bits per heavy atom. The highest BCUT2D eigenvalue weighted by molar-refractivity contribution is 6.00. The smallest absolute Gasteiger partial charge is 0.336 e. The lowest BCUT2D eigenvalue weighted by molar-refractivity contribution is -0.697. The van der Waals surface area contributed by atoms with Crippen molar-refractivity contribution >= 4 is 39.6 Å². The van der Waals surface area contributed by atoms with E-state index >= 15 is 0 Å². The van der Waals surface area contributed by atoms with Crippen molar-refractivity contribution in [3.05, 3.63) is 135 Å². The topological polar surface area (TPSA) is 94.8 Å². The van der Waals surface area contributed by atoms with Gasteiger partial charge in [0.2, 0.25) is 11.7 Å². The van der Waals surface area contributed by atoms with Crippen LogP contribution in [0.2, 0.25) is 0 Å². The zero-order valence-corrected chi connectivity index (χ0v) is 28.3. The molecule has 0 radical (unpaired) electrons. The van der Waals surface area contributed by atoms with Gasteiger partial charge in [-0.25, -0.2) is 9.36 Å². The highest BCUT2D eigenvalue weighted by Gasteiger charge is 2.15. The average molecular weight is 646 g/mol. The summed E-state index contributed by atoms with van der Waals surface area (Å²) in [5, 5.41) is 4.56. The summed E-state index contributed by atoms with van der Waals surface area (Å²) in [4.78, 5) is 24.5. The number of fused-ring (bicyclic) bond motifs is 2. The minimum atomic E-state index is -0.444. The summed E-state index contributed by atoms with van der Waals surface area (Å²) in [5.74, 6) is 1.14. The molecule has 246 valence electrons. The van der Waals surface area contributed by atoms with Gasteiger partial charge in [0.25, 0.3) is 0 Å². The maximum Gasteiger partial charge on any atom is 0.336 e. The first-order valence-corrected chi connectivity index (χ1v) is 15.9. The zero-order chi connectivity index (χ0) is 34.2. The van der Waals surface area contributed by atoms with Gasteiger partial charge in [0.05, 0.1) is 25.7 Å². The summed E-state index contributed by atoms with van der Waals surface area (Å²) in [5.41, 5.74) is 7.84. The van der Waals surface area contributed by atoms with E-state index in [2.05, 4.69) is 44.3 Å². The Morgan fingerprint density at radius 2 is 1.71 bits per heavy atom. The molecule has 0 saturated carbocycles. The molecule has 5 rings (SSSR count). The van der Waals surface area contributed by atoms with Gasteiger partial charge < -0.3 is 23.6 Å². The summed E-state index contributed by atoms with van der Waals surface area (Å²) in [6.45, 7) is 11.3. The van der Waals surface area contributed by atoms with Crippen molar-refractivity contribution < 1.29 is 27.7 Å². The van der Waals surface area contributed by atoms with E-state index in [0.29, 0.717) is 42.2 Å². The number of hydrogen-bond donors (Lipinski definition) is 1. The van der Waals surface area contributed by atoms with Crippen molar-refractivity contribution in [1.29, 1.82) is 0 Å². The first-order chi connectivity index (χ1) is 23.1. The van der Waals surface area contributed by atoms with Gasteiger partial charge in [-0.1, -0.05) is 36.0 Å². The largest absolute Gasteiger partial charge is 0.496 e. The van der Waals surface area contributed by atoms with Crippen molar-refractivity contribution in [3.8, 4) is 11.5 Å². The number of aromatic nitrogens is 1. The van der Waals surface area contributed by atoms with Crippen LogP contribution < -0.4 is 25.0 Å². The molecule has 1 N–H and O–H groups in total. The van der Waals surface area contributed by atoms with Crippen LogP contribution in [0.15, 0.2) is 116 Å². The van der Waals surface area contributed by atoms with Crippen LogP contribution in [0.4, 0.5) is 5.69 Å². The van der Waals surface area contributed by atoms with Crippen molar-refractivity contribution in [1.82, 2.24) is 0 Å². The van der Waals surface area contributed by atoms with Crippen LogP contribution in [0.1, 0.15) is 42.5 Å². The number of anilines is 1. The number of ether oxygens (including phenoxy) is 2. The molecule has 0 aliphatic carbocycles. The third-order valence-electron chi connectivity index (χ3n) is 8.17. The van der Waals surface area contributed by atoms with E-state index in [-0.39, 0.29) is 5.91 Å². The van der Waals surface area contributed by atoms with Crippen molar-refractivity contribution in [2.75, 3.05) is 19.0 Å². The second-order valence-corrected chi connectivity index (χ2v) is 11.8. The molecule has 0 spiro atoms. The molecular formula is C40H41N2O6+. The van der Waals surface area contributed by atoms with Crippen LogP contribution in [0.5, 0.6) is 11.5 Å². The molecule has 0 fully saturated rings. The van der Waals surface area contributed by atoms with Crippen LogP contribution in [-0.2, 0) is 11.3 Å². The quantitative estimate of drug-likeness (QED) is 0.0482. The minimum absolute atomic E-state index is 0.198. The number of methoxy groups -OCH3 is 1. The van der Waals surface area contributed by atoms with E-state index in [9.17, 15) is 9.59 Å². The van der Waals surface area contributed by atoms with Gasteiger partial charge in [0.15, 0.2) is 30.1 Å². The average Bonchev–Trinajstić information content (AvgIpc) is 3.53. The number of aryl methyl sites for hydroxylation is 2.